The van der Waals surface area contributed by atoms with Gasteiger partial charge < -0.3 is 15.2 Å². The first kappa shape index (κ1) is 10.1. The molecule has 0 unspecified atom stereocenters. The second kappa shape index (κ2) is 3.62. The fraction of sp³-hybridized carbons (Fsp3) is 0.300. The van der Waals surface area contributed by atoms with Crippen LogP contribution in [0.15, 0.2) is 12.1 Å². The second-order valence-electron chi connectivity index (χ2n) is 3.46. The minimum atomic E-state index is -0.475. The van der Waals surface area contributed by atoms with Gasteiger partial charge in [-0.2, -0.15) is 0 Å². The Morgan fingerprint density at radius 1 is 1.60 bits per heavy atom. The maximum atomic E-state index is 10.9. The molecule has 0 bridgehead atoms. The smallest absolute Gasteiger partial charge is 0.407 e. The van der Waals surface area contributed by atoms with Gasteiger partial charge in [0.1, 0.15) is 12.4 Å². The Morgan fingerprint density at radius 3 is 2.93 bits per heavy atom. The van der Waals surface area contributed by atoms with E-state index >= 15 is 0 Å². The van der Waals surface area contributed by atoms with Crippen LogP contribution in [0.2, 0.25) is 5.02 Å². The average Bonchev–Trinajstić information content (AvgIpc) is 2.58. The lowest BCUT2D eigenvalue weighted by atomic mass is 10.0. The third-order valence-corrected chi connectivity index (χ3v) is 2.56. The van der Waals surface area contributed by atoms with Gasteiger partial charge in [0.05, 0.1) is 6.04 Å². The summed E-state index contributed by atoms with van der Waals surface area (Å²) in [6.07, 6.45) is -0.475. The molecule has 1 aromatic carbocycles. The van der Waals surface area contributed by atoms with Gasteiger partial charge in [-0.05, 0) is 24.6 Å². The summed E-state index contributed by atoms with van der Waals surface area (Å²) in [6, 6.07) is 2.97. The lowest BCUT2D eigenvalue weighted by molar-refractivity contribution is 0.177. The topological polar surface area (TPSA) is 58.6 Å². The Labute approximate surface area is 91.8 Å². The number of cyclic esters (lactones) is 1. The highest BCUT2D eigenvalue weighted by atomic mass is 35.5. The third kappa shape index (κ3) is 1.85. The number of phenols is 1. The van der Waals surface area contributed by atoms with Crippen molar-refractivity contribution in [2.75, 3.05) is 6.61 Å². The molecular weight excluding hydrogens is 218 g/mol. The van der Waals surface area contributed by atoms with Crippen LogP contribution in [-0.2, 0) is 4.74 Å². The first-order chi connectivity index (χ1) is 7.08. The summed E-state index contributed by atoms with van der Waals surface area (Å²) in [5.41, 5.74) is 1.27. The zero-order chi connectivity index (χ0) is 11.0. The van der Waals surface area contributed by atoms with Crippen molar-refractivity contribution >= 4 is 17.7 Å². The number of carbonyl (C=O) groups excluding carboxylic acids is 1. The monoisotopic (exact) mass is 227 g/mol. The molecule has 1 amide bonds. The standard InChI is InChI=1S/C10H10ClNO3/c1-5-2-6(11)3-7(9(5)13)8-4-15-10(14)12-8/h2-3,8,13H,4H2,1H3,(H,12,14)/t8-/m1/s1. The molecule has 5 heteroatoms. The summed E-state index contributed by atoms with van der Waals surface area (Å²) >= 11 is 5.87. The minimum Gasteiger partial charge on any atom is -0.507 e. The van der Waals surface area contributed by atoms with E-state index in [1.807, 2.05) is 0 Å². The number of nitrogens with one attached hydrogen (secondary N) is 1. The molecule has 1 aliphatic rings. The quantitative estimate of drug-likeness (QED) is 0.773. The van der Waals surface area contributed by atoms with E-state index in [9.17, 15) is 9.90 Å². The van der Waals surface area contributed by atoms with Crippen LogP contribution >= 0.6 is 11.6 Å². The van der Waals surface area contributed by atoms with Gasteiger partial charge in [0.25, 0.3) is 0 Å². The summed E-state index contributed by atoms with van der Waals surface area (Å²) in [4.78, 5) is 10.9. The highest BCUT2D eigenvalue weighted by Crippen LogP contribution is 2.32. The number of rotatable bonds is 1. The van der Waals surface area contributed by atoms with E-state index in [2.05, 4.69) is 5.32 Å². The Hall–Kier alpha value is -1.42. The molecule has 1 fully saturated rings. The van der Waals surface area contributed by atoms with Gasteiger partial charge >= 0.3 is 6.09 Å². The fourth-order valence-electron chi connectivity index (χ4n) is 1.58. The van der Waals surface area contributed by atoms with Crippen molar-refractivity contribution in [1.29, 1.82) is 0 Å². The van der Waals surface area contributed by atoms with E-state index in [4.69, 9.17) is 16.3 Å². The molecule has 2 N–H and O–H groups in total. The van der Waals surface area contributed by atoms with Crippen LogP contribution in [0, 0.1) is 6.92 Å². The predicted octanol–water partition coefficient (Wildman–Crippen LogP) is 2.13. The molecule has 4 nitrogen and oxygen atoms in total. The van der Waals surface area contributed by atoms with Gasteiger partial charge in [-0.25, -0.2) is 4.79 Å². The van der Waals surface area contributed by atoms with Crippen molar-refractivity contribution in [3.05, 3.63) is 28.3 Å². The number of hydrogen-bond acceptors (Lipinski definition) is 3. The van der Waals surface area contributed by atoms with Crippen LogP contribution in [-0.4, -0.2) is 17.8 Å². The van der Waals surface area contributed by atoms with E-state index in [-0.39, 0.29) is 18.4 Å². The summed E-state index contributed by atoms with van der Waals surface area (Å²) in [6.45, 7) is 1.97. The predicted molar refractivity (Wildman–Crippen MR) is 55.1 cm³/mol. The molecule has 0 aromatic heterocycles. The van der Waals surface area contributed by atoms with Crippen LogP contribution < -0.4 is 5.32 Å². The van der Waals surface area contributed by atoms with E-state index < -0.39 is 6.09 Å². The largest absolute Gasteiger partial charge is 0.507 e. The highest BCUT2D eigenvalue weighted by molar-refractivity contribution is 6.30. The third-order valence-electron chi connectivity index (χ3n) is 2.34. The molecule has 0 saturated carbocycles. The summed E-state index contributed by atoms with van der Waals surface area (Å²) < 4.78 is 4.75. The van der Waals surface area contributed by atoms with Crippen LogP contribution in [0.5, 0.6) is 5.75 Å². The number of phenolic OH excluding ortho intramolecular Hbond substituents is 1. The lowest BCUT2D eigenvalue weighted by Gasteiger charge is -2.12. The molecular formula is C10H10ClNO3. The number of benzene rings is 1. The van der Waals surface area contributed by atoms with Crippen molar-refractivity contribution < 1.29 is 14.6 Å². The van der Waals surface area contributed by atoms with Crippen LogP contribution in [0.3, 0.4) is 0 Å². The SMILES string of the molecule is Cc1cc(Cl)cc([C@H]2COC(=O)N2)c1O. The maximum absolute atomic E-state index is 10.9. The molecule has 0 radical (unpaired) electrons. The van der Waals surface area contributed by atoms with Gasteiger partial charge in [0.15, 0.2) is 0 Å². The first-order valence-electron chi connectivity index (χ1n) is 4.50. The molecule has 1 atom stereocenters. The number of aromatic hydroxyl groups is 1. The van der Waals surface area contributed by atoms with Crippen molar-refractivity contribution in [2.45, 2.75) is 13.0 Å². The lowest BCUT2D eigenvalue weighted by Crippen LogP contribution is -2.18. The molecule has 1 saturated heterocycles. The number of carbonyl (C=O) groups is 1. The average molecular weight is 228 g/mol. The number of ether oxygens (including phenoxy) is 1. The van der Waals surface area contributed by atoms with Gasteiger partial charge in [0, 0.05) is 10.6 Å². The second-order valence-corrected chi connectivity index (χ2v) is 3.89. The number of halogens is 1. The van der Waals surface area contributed by atoms with Crippen molar-refractivity contribution in [3.8, 4) is 5.75 Å². The van der Waals surface area contributed by atoms with Crippen LogP contribution in [0.4, 0.5) is 4.79 Å². The van der Waals surface area contributed by atoms with E-state index in [1.54, 1.807) is 19.1 Å². The molecule has 0 spiro atoms. The summed E-state index contributed by atoms with van der Waals surface area (Å²) in [5.74, 6) is 0.148. The Morgan fingerprint density at radius 2 is 2.33 bits per heavy atom. The fourth-order valence-corrected chi connectivity index (χ4v) is 1.86. The molecule has 2 rings (SSSR count). The zero-order valence-electron chi connectivity index (χ0n) is 8.08. The number of amides is 1. The molecule has 0 aliphatic carbocycles. The normalized spacial score (nSPS) is 19.9. The summed E-state index contributed by atoms with van der Waals surface area (Å²) in [7, 11) is 0. The molecule has 1 heterocycles. The number of alkyl carbamates (subject to hydrolysis) is 1. The molecule has 1 aromatic rings. The first-order valence-corrected chi connectivity index (χ1v) is 4.88. The van der Waals surface area contributed by atoms with Crippen LogP contribution in [0.1, 0.15) is 17.2 Å². The summed E-state index contributed by atoms with van der Waals surface area (Å²) in [5, 5.41) is 12.9. The minimum absolute atomic E-state index is 0.148. The van der Waals surface area contributed by atoms with E-state index in [0.717, 1.165) is 0 Å². The van der Waals surface area contributed by atoms with Gasteiger partial charge in [-0.1, -0.05) is 11.6 Å². The Balaban J connectivity index is 2.39. The number of aryl methyl sites for hydroxylation is 1. The van der Waals surface area contributed by atoms with Gasteiger partial charge in [-0.15, -0.1) is 0 Å². The van der Waals surface area contributed by atoms with Gasteiger partial charge in [0.2, 0.25) is 0 Å². The van der Waals surface area contributed by atoms with Gasteiger partial charge in [-0.3, -0.25) is 0 Å². The van der Waals surface area contributed by atoms with Crippen molar-refractivity contribution in [3.63, 3.8) is 0 Å². The Bertz CT molecular complexity index is 419. The maximum Gasteiger partial charge on any atom is 0.407 e. The molecule has 80 valence electrons. The Kier molecular flexibility index (Phi) is 2.44. The van der Waals surface area contributed by atoms with E-state index in [0.29, 0.717) is 16.1 Å². The molecule has 1 aliphatic heterocycles. The number of hydrogen-bond donors (Lipinski definition) is 2. The van der Waals surface area contributed by atoms with E-state index in [1.165, 1.54) is 0 Å². The molecule has 15 heavy (non-hydrogen) atoms. The zero-order valence-corrected chi connectivity index (χ0v) is 8.84. The van der Waals surface area contributed by atoms with Crippen molar-refractivity contribution in [1.82, 2.24) is 5.32 Å². The van der Waals surface area contributed by atoms with Crippen LogP contribution in [0.25, 0.3) is 0 Å². The van der Waals surface area contributed by atoms with Crippen molar-refractivity contribution in [2.24, 2.45) is 0 Å². The highest BCUT2D eigenvalue weighted by Gasteiger charge is 2.26.